The van der Waals surface area contributed by atoms with Crippen molar-refractivity contribution in [3.05, 3.63) is 82.9 Å². The minimum absolute atomic E-state index is 0.0416. The lowest BCUT2D eigenvalue weighted by Gasteiger charge is -2.09. The number of carbonyl (C=O) groups is 2. The number of carbonyl (C=O) groups excluding carboxylic acids is 2. The van der Waals surface area contributed by atoms with Crippen molar-refractivity contribution in [2.24, 2.45) is 0 Å². The minimum atomic E-state index is -0.321. The molecule has 0 saturated carbocycles. The van der Waals surface area contributed by atoms with Crippen molar-refractivity contribution in [3.63, 3.8) is 0 Å². The predicted octanol–water partition coefficient (Wildman–Crippen LogP) is 3.84. The van der Waals surface area contributed by atoms with Crippen LogP contribution in [0.25, 0.3) is 0 Å². The van der Waals surface area contributed by atoms with Gasteiger partial charge in [-0.3, -0.25) is 9.59 Å². The molecule has 0 spiro atoms. The molecule has 0 bridgehead atoms. The fourth-order valence-corrected chi connectivity index (χ4v) is 2.75. The lowest BCUT2D eigenvalue weighted by molar-refractivity contribution is 0.0948. The Kier molecular flexibility index (Phi) is 6.29. The van der Waals surface area contributed by atoms with Crippen LogP contribution in [0.2, 0.25) is 0 Å². The van der Waals surface area contributed by atoms with Crippen LogP contribution in [0.1, 0.15) is 39.0 Å². The molecular weight excluding hydrogens is 371 g/mol. The van der Waals surface area contributed by atoms with Crippen LogP contribution < -0.4 is 10.6 Å². The van der Waals surface area contributed by atoms with Crippen LogP contribution in [0.15, 0.2) is 54.6 Å². The van der Waals surface area contributed by atoms with Crippen LogP contribution in [0.5, 0.6) is 0 Å². The number of anilines is 2. The third-order valence-electron chi connectivity index (χ3n) is 4.22. The third-order valence-corrected chi connectivity index (χ3v) is 4.22. The summed E-state index contributed by atoms with van der Waals surface area (Å²) in [5.74, 6) is -0.379. The number of hydrogen-bond donors (Lipinski definition) is 2. The van der Waals surface area contributed by atoms with Crippen LogP contribution in [-0.2, 0) is 6.42 Å². The van der Waals surface area contributed by atoms with Gasteiger partial charge in [0.25, 0.3) is 5.91 Å². The van der Waals surface area contributed by atoms with E-state index in [0.717, 1.165) is 5.56 Å². The van der Waals surface area contributed by atoms with Gasteiger partial charge in [0.2, 0.25) is 5.95 Å². The molecule has 1 aromatic heterocycles. The van der Waals surface area contributed by atoms with Crippen molar-refractivity contribution in [1.29, 1.82) is 0 Å². The first-order valence-electron chi connectivity index (χ1n) is 9.17. The number of hydrogen-bond acceptors (Lipinski definition) is 5. The van der Waals surface area contributed by atoms with Crippen LogP contribution in [-0.4, -0.2) is 28.2 Å². The largest absolute Gasteiger partial charge is 0.350 e. The maximum Gasteiger partial charge on any atom is 0.270 e. The molecule has 7 heteroatoms. The smallest absolute Gasteiger partial charge is 0.270 e. The predicted molar refractivity (Wildman–Crippen MR) is 109 cm³/mol. The molecule has 3 rings (SSSR count). The van der Waals surface area contributed by atoms with Gasteiger partial charge in [0, 0.05) is 23.5 Å². The molecule has 1 heterocycles. The van der Waals surface area contributed by atoms with E-state index in [-0.39, 0.29) is 29.1 Å². The summed E-state index contributed by atoms with van der Waals surface area (Å²) in [5, 5.41) is 5.84. The van der Waals surface area contributed by atoms with Gasteiger partial charge in [-0.1, -0.05) is 24.3 Å². The molecule has 0 saturated heterocycles. The van der Waals surface area contributed by atoms with Gasteiger partial charge in [-0.15, -0.1) is 0 Å². The van der Waals surface area contributed by atoms with E-state index in [9.17, 15) is 14.0 Å². The summed E-state index contributed by atoms with van der Waals surface area (Å²) in [4.78, 5) is 32.6. The van der Waals surface area contributed by atoms with Crippen molar-refractivity contribution in [1.82, 2.24) is 15.3 Å². The Hall–Kier alpha value is -3.61. The van der Waals surface area contributed by atoms with E-state index in [4.69, 9.17) is 0 Å². The first kappa shape index (κ1) is 20.1. The second-order valence-electron chi connectivity index (χ2n) is 6.61. The molecule has 3 aromatic rings. The monoisotopic (exact) mass is 392 g/mol. The number of rotatable bonds is 7. The molecule has 2 aromatic carbocycles. The fourth-order valence-electron chi connectivity index (χ4n) is 2.75. The van der Waals surface area contributed by atoms with E-state index < -0.39 is 0 Å². The van der Waals surface area contributed by atoms with E-state index in [1.165, 1.54) is 19.1 Å². The zero-order chi connectivity index (χ0) is 20.8. The highest BCUT2D eigenvalue weighted by molar-refractivity contribution is 5.95. The minimum Gasteiger partial charge on any atom is -0.350 e. The lowest BCUT2D eigenvalue weighted by atomic mass is 10.1. The van der Waals surface area contributed by atoms with Gasteiger partial charge in [-0.05, 0) is 56.2 Å². The molecule has 0 aliphatic rings. The summed E-state index contributed by atoms with van der Waals surface area (Å²) in [5.41, 5.74) is 3.03. The average Bonchev–Trinajstić information content (AvgIpc) is 2.69. The topological polar surface area (TPSA) is 84.0 Å². The zero-order valence-electron chi connectivity index (χ0n) is 16.2. The number of nitrogens with one attached hydrogen (secondary N) is 2. The molecule has 6 nitrogen and oxygen atoms in total. The molecule has 1 amide bonds. The first-order chi connectivity index (χ1) is 13.9. The Balaban J connectivity index is 1.66. The Bertz CT molecular complexity index is 1040. The van der Waals surface area contributed by atoms with Crippen LogP contribution >= 0.6 is 0 Å². The Morgan fingerprint density at radius 3 is 2.52 bits per heavy atom. The highest BCUT2D eigenvalue weighted by Crippen LogP contribution is 2.16. The number of benzene rings is 2. The molecule has 0 aliphatic heterocycles. The van der Waals surface area contributed by atoms with Crippen LogP contribution in [0.4, 0.5) is 16.0 Å². The summed E-state index contributed by atoms with van der Waals surface area (Å²) in [6.45, 7) is 3.67. The van der Waals surface area contributed by atoms with E-state index in [2.05, 4.69) is 20.6 Å². The number of Topliss-reactive ketones (excluding diaryl/α,β-unsaturated/α-hetero) is 1. The molecule has 2 N–H and O–H groups in total. The van der Waals surface area contributed by atoms with E-state index in [1.807, 2.05) is 0 Å². The molecule has 0 radical (unpaired) electrons. The second-order valence-corrected chi connectivity index (χ2v) is 6.61. The highest BCUT2D eigenvalue weighted by Gasteiger charge is 2.11. The van der Waals surface area contributed by atoms with Gasteiger partial charge >= 0.3 is 0 Å². The fraction of sp³-hybridized carbons (Fsp3) is 0.182. The molecule has 0 unspecified atom stereocenters. The molecular formula is C22H21FN4O2. The van der Waals surface area contributed by atoms with Gasteiger partial charge in [-0.2, -0.15) is 0 Å². The van der Waals surface area contributed by atoms with E-state index in [0.29, 0.717) is 29.9 Å². The number of amides is 1. The highest BCUT2D eigenvalue weighted by atomic mass is 19.1. The standard InChI is InChI=1S/C22H21FN4O2/c1-14-12-20(21(29)24-11-10-16-6-8-18(23)9-7-16)27-22(25-14)26-19-5-3-4-17(13-19)15(2)28/h3-9,12-13H,10-11H2,1-2H3,(H,24,29)(H,25,26,27). The summed E-state index contributed by atoms with van der Waals surface area (Å²) >= 11 is 0. The number of nitrogens with zero attached hydrogens (tertiary/aromatic N) is 2. The third kappa shape index (κ3) is 5.68. The molecule has 0 atom stereocenters. The van der Waals surface area contributed by atoms with Gasteiger partial charge < -0.3 is 10.6 Å². The molecule has 0 fully saturated rings. The molecule has 29 heavy (non-hydrogen) atoms. The molecule has 148 valence electrons. The van der Waals surface area contributed by atoms with Crippen molar-refractivity contribution in [2.45, 2.75) is 20.3 Å². The number of aromatic nitrogens is 2. The van der Waals surface area contributed by atoms with Crippen molar-refractivity contribution < 1.29 is 14.0 Å². The van der Waals surface area contributed by atoms with Crippen LogP contribution in [0.3, 0.4) is 0 Å². The second kappa shape index (κ2) is 9.05. The molecule has 0 aliphatic carbocycles. The lowest BCUT2D eigenvalue weighted by Crippen LogP contribution is -2.27. The number of ketones is 1. The SMILES string of the molecule is CC(=O)c1cccc(Nc2nc(C)cc(C(=O)NCCc3ccc(F)cc3)n2)c1. The van der Waals surface area contributed by atoms with E-state index in [1.54, 1.807) is 49.4 Å². The summed E-state index contributed by atoms with van der Waals surface area (Å²) in [6.07, 6.45) is 0.582. The van der Waals surface area contributed by atoms with Crippen molar-refractivity contribution in [2.75, 3.05) is 11.9 Å². The van der Waals surface area contributed by atoms with E-state index >= 15 is 0 Å². The quantitative estimate of drug-likeness (QED) is 0.597. The Morgan fingerprint density at radius 2 is 1.79 bits per heavy atom. The average molecular weight is 392 g/mol. The number of halogens is 1. The first-order valence-corrected chi connectivity index (χ1v) is 9.17. The maximum absolute atomic E-state index is 12.9. The van der Waals surface area contributed by atoms with Crippen LogP contribution in [0, 0.1) is 12.7 Å². The van der Waals surface area contributed by atoms with Crippen molar-refractivity contribution in [3.8, 4) is 0 Å². The Labute approximate surface area is 168 Å². The number of aryl methyl sites for hydroxylation is 1. The summed E-state index contributed by atoms with van der Waals surface area (Å²) in [7, 11) is 0. The van der Waals surface area contributed by atoms with Gasteiger partial charge in [-0.25, -0.2) is 14.4 Å². The zero-order valence-corrected chi connectivity index (χ0v) is 16.2. The Morgan fingerprint density at radius 1 is 1.03 bits per heavy atom. The normalized spacial score (nSPS) is 10.4. The summed E-state index contributed by atoms with van der Waals surface area (Å²) in [6, 6.07) is 14.7. The van der Waals surface area contributed by atoms with Gasteiger partial charge in [0.05, 0.1) is 0 Å². The van der Waals surface area contributed by atoms with Gasteiger partial charge in [0.15, 0.2) is 5.78 Å². The maximum atomic E-state index is 12.9. The van der Waals surface area contributed by atoms with Crippen molar-refractivity contribution >= 4 is 23.3 Å². The van der Waals surface area contributed by atoms with Gasteiger partial charge in [0.1, 0.15) is 11.5 Å². The summed E-state index contributed by atoms with van der Waals surface area (Å²) < 4.78 is 12.9.